The number of nitrogens with one attached hydrogen (secondary N) is 1. The van der Waals surface area contributed by atoms with Gasteiger partial charge in [0.15, 0.2) is 0 Å². The highest BCUT2D eigenvalue weighted by Gasteiger charge is 2.06. The Morgan fingerprint density at radius 3 is 2.67 bits per heavy atom. The molecule has 0 fully saturated rings. The third kappa shape index (κ3) is 3.00. The van der Waals surface area contributed by atoms with Crippen LogP contribution in [0.25, 0.3) is 11.4 Å². The van der Waals surface area contributed by atoms with Crippen LogP contribution in [0.15, 0.2) is 24.7 Å². The molecule has 0 saturated carbocycles. The third-order valence-electron chi connectivity index (χ3n) is 2.43. The zero-order valence-corrected chi connectivity index (χ0v) is 10.7. The van der Waals surface area contributed by atoms with Crippen LogP contribution in [-0.4, -0.2) is 26.5 Å². The Morgan fingerprint density at radius 1 is 1.11 bits per heavy atom. The predicted molar refractivity (Wildman–Crippen MR) is 71.2 cm³/mol. The van der Waals surface area contributed by atoms with Crippen LogP contribution in [0.4, 0.5) is 5.82 Å². The highest BCUT2D eigenvalue weighted by Crippen LogP contribution is 2.17. The van der Waals surface area contributed by atoms with Crippen LogP contribution in [0.1, 0.15) is 26.1 Å². The molecule has 5 nitrogen and oxygen atoms in total. The van der Waals surface area contributed by atoms with Crippen LogP contribution in [0.2, 0.25) is 0 Å². The fraction of sp³-hybridized carbons (Fsp3) is 0.385. The van der Waals surface area contributed by atoms with Crippen molar-refractivity contribution in [3.8, 4) is 11.4 Å². The number of rotatable bonds is 5. The molecule has 18 heavy (non-hydrogen) atoms. The van der Waals surface area contributed by atoms with Crippen molar-refractivity contribution in [1.29, 1.82) is 0 Å². The Kier molecular flexibility index (Phi) is 4.17. The minimum Gasteiger partial charge on any atom is -0.370 e. The van der Waals surface area contributed by atoms with Crippen LogP contribution >= 0.6 is 0 Å². The maximum absolute atomic E-state index is 4.52. The van der Waals surface area contributed by atoms with Crippen LogP contribution in [0.5, 0.6) is 0 Å². The first kappa shape index (κ1) is 12.4. The first-order valence-electron chi connectivity index (χ1n) is 6.21. The second-order valence-corrected chi connectivity index (χ2v) is 3.93. The summed E-state index contributed by atoms with van der Waals surface area (Å²) in [6, 6.07) is 1.91. The number of hydrogen-bond donors (Lipinski definition) is 1. The minimum absolute atomic E-state index is 0.774. The Bertz CT molecular complexity index is 474. The minimum atomic E-state index is 0.774. The molecule has 94 valence electrons. The van der Waals surface area contributed by atoms with E-state index >= 15 is 0 Å². The van der Waals surface area contributed by atoms with Crippen molar-refractivity contribution in [1.82, 2.24) is 19.9 Å². The average Bonchev–Trinajstić information content (AvgIpc) is 2.40. The SMILES string of the molecule is CCCc1nc(NCC)cc(-c2cnccn2)n1. The summed E-state index contributed by atoms with van der Waals surface area (Å²) in [5.74, 6) is 1.69. The Labute approximate surface area is 107 Å². The quantitative estimate of drug-likeness (QED) is 0.873. The summed E-state index contributed by atoms with van der Waals surface area (Å²) in [7, 11) is 0. The third-order valence-corrected chi connectivity index (χ3v) is 2.43. The lowest BCUT2D eigenvalue weighted by molar-refractivity contribution is 0.835. The second kappa shape index (κ2) is 6.05. The van der Waals surface area contributed by atoms with Crippen LogP contribution in [-0.2, 0) is 6.42 Å². The topological polar surface area (TPSA) is 63.6 Å². The summed E-state index contributed by atoms with van der Waals surface area (Å²) in [5, 5.41) is 3.22. The molecule has 0 radical (unpaired) electrons. The maximum Gasteiger partial charge on any atom is 0.131 e. The van der Waals surface area contributed by atoms with E-state index in [0.717, 1.165) is 42.4 Å². The summed E-state index contributed by atoms with van der Waals surface area (Å²) in [5.41, 5.74) is 1.59. The molecule has 0 unspecified atom stereocenters. The number of hydrogen-bond acceptors (Lipinski definition) is 5. The van der Waals surface area contributed by atoms with Gasteiger partial charge in [0.1, 0.15) is 17.3 Å². The van der Waals surface area contributed by atoms with E-state index in [1.54, 1.807) is 18.6 Å². The molecule has 1 N–H and O–H groups in total. The van der Waals surface area contributed by atoms with Crippen molar-refractivity contribution in [2.45, 2.75) is 26.7 Å². The van der Waals surface area contributed by atoms with Crippen LogP contribution in [0, 0.1) is 0 Å². The summed E-state index contributed by atoms with van der Waals surface area (Å²) in [6.45, 7) is 5.00. The van der Waals surface area contributed by atoms with Crippen LogP contribution in [0.3, 0.4) is 0 Å². The summed E-state index contributed by atoms with van der Waals surface area (Å²) in [6.07, 6.45) is 6.93. The molecular weight excluding hydrogens is 226 g/mol. The Hall–Kier alpha value is -2.04. The highest BCUT2D eigenvalue weighted by molar-refractivity contribution is 5.57. The highest BCUT2D eigenvalue weighted by atomic mass is 15.0. The summed E-state index contributed by atoms with van der Waals surface area (Å²) < 4.78 is 0. The number of nitrogens with zero attached hydrogens (tertiary/aromatic N) is 4. The van der Waals surface area contributed by atoms with Gasteiger partial charge in [0.05, 0.1) is 11.9 Å². The fourth-order valence-electron chi connectivity index (χ4n) is 1.67. The monoisotopic (exact) mass is 243 g/mol. The van der Waals surface area contributed by atoms with Gasteiger partial charge >= 0.3 is 0 Å². The van der Waals surface area contributed by atoms with Gasteiger partial charge in [-0.3, -0.25) is 9.97 Å². The molecule has 0 aliphatic heterocycles. The molecule has 0 atom stereocenters. The number of anilines is 1. The standard InChI is InChI=1S/C13H17N5/c1-3-5-12-17-10(8-13(18-12)15-4-2)11-9-14-6-7-16-11/h6-9H,3-5H2,1-2H3,(H,15,17,18). The average molecular weight is 243 g/mol. The van der Waals surface area contributed by atoms with Crippen molar-refractivity contribution in [2.75, 3.05) is 11.9 Å². The van der Waals surface area contributed by atoms with E-state index in [4.69, 9.17) is 0 Å². The zero-order chi connectivity index (χ0) is 12.8. The van der Waals surface area contributed by atoms with E-state index in [2.05, 4.69) is 32.2 Å². The molecule has 0 aliphatic rings. The van der Waals surface area contributed by atoms with Gasteiger partial charge in [-0.15, -0.1) is 0 Å². The number of aryl methyl sites for hydroxylation is 1. The zero-order valence-electron chi connectivity index (χ0n) is 10.7. The van der Waals surface area contributed by atoms with Gasteiger partial charge in [0, 0.05) is 31.4 Å². The molecule has 0 aliphatic carbocycles. The van der Waals surface area contributed by atoms with E-state index in [1.807, 2.05) is 13.0 Å². The van der Waals surface area contributed by atoms with Crippen molar-refractivity contribution in [3.63, 3.8) is 0 Å². The van der Waals surface area contributed by atoms with E-state index in [-0.39, 0.29) is 0 Å². The smallest absolute Gasteiger partial charge is 0.131 e. The van der Waals surface area contributed by atoms with Crippen molar-refractivity contribution in [3.05, 3.63) is 30.5 Å². The molecule has 0 spiro atoms. The molecular formula is C13H17N5. The van der Waals surface area contributed by atoms with Gasteiger partial charge < -0.3 is 5.32 Å². The lowest BCUT2D eigenvalue weighted by atomic mass is 10.2. The van der Waals surface area contributed by atoms with E-state index < -0.39 is 0 Å². The second-order valence-electron chi connectivity index (χ2n) is 3.93. The van der Waals surface area contributed by atoms with E-state index in [9.17, 15) is 0 Å². The molecule has 0 amide bonds. The Morgan fingerprint density at radius 2 is 2.00 bits per heavy atom. The van der Waals surface area contributed by atoms with Gasteiger partial charge in [0.25, 0.3) is 0 Å². The van der Waals surface area contributed by atoms with Crippen molar-refractivity contribution in [2.24, 2.45) is 0 Å². The lowest BCUT2D eigenvalue weighted by Gasteiger charge is -2.07. The number of aromatic nitrogens is 4. The van der Waals surface area contributed by atoms with Crippen molar-refractivity contribution < 1.29 is 0 Å². The molecule has 5 heteroatoms. The van der Waals surface area contributed by atoms with Gasteiger partial charge in [-0.1, -0.05) is 6.92 Å². The largest absolute Gasteiger partial charge is 0.370 e. The molecule has 2 heterocycles. The molecule has 2 aromatic rings. The van der Waals surface area contributed by atoms with Gasteiger partial charge in [-0.25, -0.2) is 9.97 Å². The molecule has 0 bridgehead atoms. The van der Waals surface area contributed by atoms with E-state index in [0.29, 0.717) is 0 Å². The molecule has 0 saturated heterocycles. The molecule has 2 aromatic heterocycles. The summed E-state index contributed by atoms with van der Waals surface area (Å²) >= 11 is 0. The van der Waals surface area contributed by atoms with E-state index in [1.165, 1.54) is 0 Å². The first-order valence-corrected chi connectivity index (χ1v) is 6.21. The Balaban J connectivity index is 2.39. The maximum atomic E-state index is 4.52. The van der Waals surface area contributed by atoms with Crippen molar-refractivity contribution >= 4 is 5.82 Å². The predicted octanol–water partition coefficient (Wildman–Crippen LogP) is 2.32. The van der Waals surface area contributed by atoms with Gasteiger partial charge in [-0.2, -0.15) is 0 Å². The lowest BCUT2D eigenvalue weighted by Crippen LogP contribution is -2.05. The molecule has 2 rings (SSSR count). The molecule has 0 aromatic carbocycles. The normalized spacial score (nSPS) is 10.3. The summed E-state index contributed by atoms with van der Waals surface area (Å²) in [4.78, 5) is 17.3. The van der Waals surface area contributed by atoms with Gasteiger partial charge in [-0.05, 0) is 13.3 Å². The van der Waals surface area contributed by atoms with Gasteiger partial charge in [0.2, 0.25) is 0 Å². The van der Waals surface area contributed by atoms with Crippen LogP contribution < -0.4 is 5.32 Å². The fourth-order valence-corrected chi connectivity index (χ4v) is 1.67. The first-order chi connectivity index (χ1) is 8.83.